The van der Waals surface area contributed by atoms with E-state index in [0.29, 0.717) is 40.4 Å². The lowest BCUT2D eigenvalue weighted by Gasteiger charge is -2.41. The molecule has 5 heterocycles. The zero-order valence-electron chi connectivity index (χ0n) is 21.4. The van der Waals surface area contributed by atoms with Gasteiger partial charge in [-0.15, -0.1) is 23.7 Å². The minimum Gasteiger partial charge on any atom is -0.345 e. The van der Waals surface area contributed by atoms with E-state index in [4.69, 9.17) is 11.6 Å². The van der Waals surface area contributed by atoms with E-state index in [0.717, 1.165) is 36.5 Å². The van der Waals surface area contributed by atoms with Gasteiger partial charge in [-0.05, 0) is 37.7 Å². The van der Waals surface area contributed by atoms with Crippen LogP contribution < -0.4 is 0 Å². The van der Waals surface area contributed by atoms with Gasteiger partial charge in [0.2, 0.25) is 5.91 Å². The standard InChI is InChI=1S/C25H29ClN6O4S2.ClH/c1-29-8-6-20-21(15-29)37-24(28-20)25(34)32-10-9-31(14-18(32)13-30-7-2-3-23(30)33)38(35,36)22-12-16-11-17(26)4-5-19(16)27-22;/h4-5,11-12,18,27H,2-3,6-10,13-15H2,1H3;1H. The number of piperazine rings is 1. The van der Waals surface area contributed by atoms with Crippen molar-refractivity contribution in [3.8, 4) is 0 Å². The Balaban J connectivity index is 0.00000308. The van der Waals surface area contributed by atoms with Gasteiger partial charge in [0.25, 0.3) is 15.9 Å². The molecule has 6 rings (SSSR count). The Kier molecular flexibility index (Phi) is 7.97. The van der Waals surface area contributed by atoms with Crippen molar-refractivity contribution in [1.29, 1.82) is 0 Å². The van der Waals surface area contributed by atoms with E-state index >= 15 is 0 Å². The molecule has 0 spiro atoms. The number of nitrogens with zero attached hydrogens (tertiary/aromatic N) is 5. The largest absolute Gasteiger partial charge is 0.345 e. The molecular formula is C25H30Cl2N6O4S2. The fourth-order valence-corrected chi connectivity index (χ4v) is 8.32. The van der Waals surface area contributed by atoms with Gasteiger partial charge in [0, 0.05) is 79.5 Å². The SMILES string of the molecule is CN1CCc2nc(C(=O)N3CCN(S(=O)(=O)c4cc5cc(Cl)ccc5[nH]4)CC3CN3CCCC3=O)sc2C1.Cl. The van der Waals surface area contributed by atoms with Crippen molar-refractivity contribution in [2.24, 2.45) is 0 Å². The van der Waals surface area contributed by atoms with Gasteiger partial charge in [0.05, 0.1) is 11.7 Å². The first kappa shape index (κ1) is 28.3. The van der Waals surface area contributed by atoms with Crippen LogP contribution in [0.2, 0.25) is 5.02 Å². The van der Waals surface area contributed by atoms with Crippen molar-refractivity contribution >= 4 is 68.1 Å². The number of aromatic nitrogens is 2. The number of carbonyl (C=O) groups is 2. The Bertz CT molecular complexity index is 1520. The number of amides is 2. The van der Waals surface area contributed by atoms with Crippen LogP contribution in [0.3, 0.4) is 0 Å². The molecule has 2 aromatic heterocycles. The summed E-state index contributed by atoms with van der Waals surface area (Å²) < 4.78 is 28.7. The maximum absolute atomic E-state index is 13.7. The Labute approximate surface area is 242 Å². The summed E-state index contributed by atoms with van der Waals surface area (Å²) >= 11 is 7.51. The van der Waals surface area contributed by atoms with Crippen LogP contribution in [-0.2, 0) is 27.8 Å². The summed E-state index contributed by atoms with van der Waals surface area (Å²) in [5.41, 5.74) is 1.65. The lowest BCUT2D eigenvalue weighted by atomic mass is 10.1. The van der Waals surface area contributed by atoms with Crippen LogP contribution in [0.4, 0.5) is 0 Å². The first-order valence-corrected chi connectivity index (χ1v) is 15.4. The fraction of sp³-hybridized carbons (Fsp3) is 0.480. The van der Waals surface area contributed by atoms with Crippen molar-refractivity contribution in [1.82, 2.24) is 29.0 Å². The number of hydrogen-bond donors (Lipinski definition) is 1. The molecule has 2 saturated heterocycles. The van der Waals surface area contributed by atoms with E-state index in [1.165, 1.54) is 15.6 Å². The van der Waals surface area contributed by atoms with Gasteiger partial charge in [0.1, 0.15) is 5.03 Å². The predicted molar refractivity (Wildman–Crippen MR) is 152 cm³/mol. The van der Waals surface area contributed by atoms with E-state index < -0.39 is 16.1 Å². The van der Waals surface area contributed by atoms with Gasteiger partial charge in [-0.2, -0.15) is 4.31 Å². The topological polar surface area (TPSA) is 110 Å². The quantitative estimate of drug-likeness (QED) is 0.474. The van der Waals surface area contributed by atoms with E-state index in [1.54, 1.807) is 34.1 Å². The Hall–Kier alpha value is -2.22. The summed E-state index contributed by atoms with van der Waals surface area (Å²) in [7, 11) is -1.81. The number of fused-ring (bicyclic) bond motifs is 2. The van der Waals surface area contributed by atoms with E-state index in [9.17, 15) is 18.0 Å². The molecule has 1 aromatic carbocycles. The van der Waals surface area contributed by atoms with E-state index in [1.807, 2.05) is 0 Å². The van der Waals surface area contributed by atoms with Crippen molar-refractivity contribution in [3.05, 3.63) is 44.9 Å². The van der Waals surface area contributed by atoms with E-state index in [-0.39, 0.29) is 48.9 Å². The van der Waals surface area contributed by atoms with Crippen molar-refractivity contribution < 1.29 is 18.0 Å². The van der Waals surface area contributed by atoms with Crippen LogP contribution >= 0.6 is 35.3 Å². The average molecular weight is 614 g/mol. The molecular weight excluding hydrogens is 583 g/mol. The maximum Gasteiger partial charge on any atom is 0.283 e. The monoisotopic (exact) mass is 612 g/mol. The van der Waals surface area contributed by atoms with Gasteiger partial charge in [-0.25, -0.2) is 13.4 Å². The Morgan fingerprint density at radius 1 is 1.18 bits per heavy atom. The third-order valence-electron chi connectivity index (χ3n) is 7.59. The van der Waals surface area contributed by atoms with Gasteiger partial charge in [0.15, 0.2) is 5.01 Å². The predicted octanol–water partition coefficient (Wildman–Crippen LogP) is 2.83. The third-order valence-corrected chi connectivity index (χ3v) is 10.7. The molecule has 0 radical (unpaired) electrons. The number of rotatable bonds is 5. The normalized spacial score (nSPS) is 20.9. The summed E-state index contributed by atoms with van der Waals surface area (Å²) in [5.74, 6) is -0.154. The number of thiazole rings is 1. The second kappa shape index (κ2) is 11.0. The molecule has 2 amide bonds. The fourth-order valence-electron chi connectivity index (χ4n) is 5.51. The Morgan fingerprint density at radius 3 is 2.77 bits per heavy atom. The number of aromatic amines is 1. The minimum absolute atomic E-state index is 0. The molecule has 0 saturated carbocycles. The summed E-state index contributed by atoms with van der Waals surface area (Å²) in [4.78, 5) is 40.6. The lowest BCUT2D eigenvalue weighted by Crippen LogP contribution is -2.59. The second-order valence-electron chi connectivity index (χ2n) is 10.2. The number of likely N-dealkylation sites (tertiary alicyclic amines) is 1. The summed E-state index contributed by atoms with van der Waals surface area (Å²) in [6.45, 7) is 3.07. The molecule has 1 unspecified atom stereocenters. The second-order valence-corrected chi connectivity index (χ2v) is 13.6. The summed E-state index contributed by atoms with van der Waals surface area (Å²) in [5, 5.41) is 1.76. The number of sulfonamides is 1. The van der Waals surface area contributed by atoms with Gasteiger partial charge >= 0.3 is 0 Å². The molecule has 3 aromatic rings. The lowest BCUT2D eigenvalue weighted by molar-refractivity contribution is -0.128. The Morgan fingerprint density at radius 2 is 2.00 bits per heavy atom. The van der Waals surface area contributed by atoms with Gasteiger partial charge < -0.3 is 19.7 Å². The van der Waals surface area contributed by atoms with Crippen molar-refractivity contribution in [3.63, 3.8) is 0 Å². The van der Waals surface area contributed by atoms with Crippen LogP contribution in [0.1, 0.15) is 33.2 Å². The zero-order chi connectivity index (χ0) is 26.6. The third kappa shape index (κ3) is 5.42. The molecule has 3 aliphatic heterocycles. The highest BCUT2D eigenvalue weighted by atomic mass is 35.5. The van der Waals surface area contributed by atoms with Crippen LogP contribution in [0, 0.1) is 0 Å². The van der Waals surface area contributed by atoms with Crippen LogP contribution in [0.5, 0.6) is 0 Å². The molecule has 0 aliphatic carbocycles. The van der Waals surface area contributed by atoms with Gasteiger partial charge in [-0.1, -0.05) is 11.6 Å². The highest BCUT2D eigenvalue weighted by molar-refractivity contribution is 7.89. The molecule has 10 nitrogen and oxygen atoms in total. The molecule has 14 heteroatoms. The molecule has 3 aliphatic rings. The minimum atomic E-state index is -3.86. The summed E-state index contributed by atoms with van der Waals surface area (Å²) in [6.07, 6.45) is 2.06. The number of benzene rings is 1. The maximum atomic E-state index is 13.7. The summed E-state index contributed by atoms with van der Waals surface area (Å²) in [6, 6.07) is 6.29. The van der Waals surface area contributed by atoms with Crippen LogP contribution in [0.15, 0.2) is 29.3 Å². The number of H-pyrrole nitrogens is 1. The number of nitrogens with one attached hydrogen (secondary N) is 1. The molecule has 1 atom stereocenters. The van der Waals surface area contributed by atoms with Crippen LogP contribution in [0.25, 0.3) is 10.9 Å². The van der Waals surface area contributed by atoms with Gasteiger partial charge in [-0.3, -0.25) is 9.59 Å². The highest BCUT2D eigenvalue weighted by Crippen LogP contribution is 2.29. The molecule has 1 N–H and O–H groups in total. The van der Waals surface area contributed by atoms with Crippen molar-refractivity contribution in [2.75, 3.05) is 46.3 Å². The first-order valence-electron chi connectivity index (χ1n) is 12.7. The average Bonchev–Trinajstić information content (AvgIpc) is 3.61. The molecule has 2 fully saturated rings. The molecule has 0 bridgehead atoms. The number of hydrogen-bond acceptors (Lipinski definition) is 7. The van der Waals surface area contributed by atoms with Crippen LogP contribution in [-0.4, -0.2) is 102 Å². The number of likely N-dealkylation sites (N-methyl/N-ethyl adjacent to an activating group) is 1. The number of halogens is 2. The first-order chi connectivity index (χ1) is 18.2. The zero-order valence-corrected chi connectivity index (χ0v) is 24.6. The highest BCUT2D eigenvalue weighted by Gasteiger charge is 2.40. The number of carbonyl (C=O) groups excluding carboxylic acids is 2. The van der Waals surface area contributed by atoms with Crippen molar-refractivity contribution in [2.45, 2.75) is 36.9 Å². The molecule has 210 valence electrons. The van der Waals surface area contributed by atoms with E-state index in [2.05, 4.69) is 21.9 Å². The smallest absolute Gasteiger partial charge is 0.283 e. The molecule has 39 heavy (non-hydrogen) atoms.